The van der Waals surface area contributed by atoms with Crippen LogP contribution in [0.1, 0.15) is 27.2 Å². The SMILES string of the molecule is O=C(Nc1ccon1)c1cn2cc(-c3cn(C(c4ccccc4)(c4ccccc4)c4ccccc4)cn3)ccc2n1. The van der Waals surface area contributed by atoms with E-state index in [1.165, 1.54) is 6.26 Å². The molecule has 0 radical (unpaired) electrons. The standard InChI is InChI=1S/C33H24N6O2/c40-32(36-30-18-19-41-37-30)29-21-38-20-24(16-17-31(38)35-29)28-22-39(23-34-28)33(25-10-4-1-5-11-25,26-12-6-2-7-13-26)27-14-8-3-9-15-27/h1-23H,(H,36,37,40). The molecule has 198 valence electrons. The van der Waals surface area contributed by atoms with Gasteiger partial charge in [-0.15, -0.1) is 0 Å². The van der Waals surface area contributed by atoms with Gasteiger partial charge in [-0.2, -0.15) is 0 Å². The molecule has 4 heterocycles. The van der Waals surface area contributed by atoms with Crippen molar-refractivity contribution in [3.8, 4) is 11.3 Å². The van der Waals surface area contributed by atoms with Gasteiger partial charge >= 0.3 is 0 Å². The maximum atomic E-state index is 12.7. The number of hydrogen-bond acceptors (Lipinski definition) is 5. The first-order valence-corrected chi connectivity index (χ1v) is 13.1. The number of nitrogens with zero attached hydrogens (tertiary/aromatic N) is 5. The largest absolute Gasteiger partial charge is 0.363 e. The maximum absolute atomic E-state index is 12.7. The van der Waals surface area contributed by atoms with Crippen molar-refractivity contribution in [3.63, 3.8) is 0 Å². The van der Waals surface area contributed by atoms with Crippen LogP contribution in [0.4, 0.5) is 5.82 Å². The maximum Gasteiger partial charge on any atom is 0.277 e. The lowest BCUT2D eigenvalue weighted by molar-refractivity contribution is 0.102. The summed E-state index contributed by atoms with van der Waals surface area (Å²) >= 11 is 0. The summed E-state index contributed by atoms with van der Waals surface area (Å²) in [5.74, 6) is -0.0381. The zero-order valence-electron chi connectivity index (χ0n) is 21.8. The predicted molar refractivity (Wildman–Crippen MR) is 155 cm³/mol. The molecule has 0 bridgehead atoms. The third kappa shape index (κ3) is 4.28. The minimum Gasteiger partial charge on any atom is -0.363 e. The van der Waals surface area contributed by atoms with E-state index in [2.05, 4.69) is 99.0 Å². The predicted octanol–water partition coefficient (Wildman–Crippen LogP) is 6.28. The number of imidazole rings is 2. The minimum atomic E-state index is -0.652. The molecular formula is C33H24N6O2. The smallest absolute Gasteiger partial charge is 0.277 e. The molecule has 8 nitrogen and oxygen atoms in total. The van der Waals surface area contributed by atoms with Crippen LogP contribution in [-0.2, 0) is 5.54 Å². The lowest BCUT2D eigenvalue weighted by Crippen LogP contribution is -2.36. The van der Waals surface area contributed by atoms with Crippen LogP contribution in [0.15, 0.2) is 145 Å². The summed E-state index contributed by atoms with van der Waals surface area (Å²) in [6.45, 7) is 0. The summed E-state index contributed by atoms with van der Waals surface area (Å²) < 4.78 is 8.79. The summed E-state index contributed by atoms with van der Waals surface area (Å²) in [4.78, 5) is 22.0. The molecular weight excluding hydrogens is 512 g/mol. The molecule has 41 heavy (non-hydrogen) atoms. The van der Waals surface area contributed by atoms with Gasteiger partial charge in [-0.1, -0.05) is 96.2 Å². The number of rotatable bonds is 7. The van der Waals surface area contributed by atoms with Gasteiger partial charge in [-0.05, 0) is 28.8 Å². The van der Waals surface area contributed by atoms with Crippen molar-refractivity contribution in [2.45, 2.75) is 5.54 Å². The van der Waals surface area contributed by atoms with Gasteiger partial charge in [0.15, 0.2) is 5.82 Å². The molecule has 1 N–H and O–H groups in total. The Morgan fingerprint density at radius 3 is 1.95 bits per heavy atom. The first-order chi connectivity index (χ1) is 20.2. The van der Waals surface area contributed by atoms with Gasteiger partial charge in [0.25, 0.3) is 5.91 Å². The third-order valence-corrected chi connectivity index (χ3v) is 7.20. The van der Waals surface area contributed by atoms with Gasteiger partial charge in [-0.3, -0.25) is 4.79 Å². The molecule has 3 aromatic carbocycles. The van der Waals surface area contributed by atoms with Crippen LogP contribution in [0.25, 0.3) is 16.9 Å². The summed E-state index contributed by atoms with van der Waals surface area (Å²) in [5.41, 5.74) is 5.30. The van der Waals surface area contributed by atoms with Crippen LogP contribution < -0.4 is 5.32 Å². The van der Waals surface area contributed by atoms with E-state index in [4.69, 9.17) is 9.51 Å². The van der Waals surface area contributed by atoms with E-state index in [-0.39, 0.29) is 11.6 Å². The second-order valence-corrected chi connectivity index (χ2v) is 9.62. The molecule has 8 heteroatoms. The van der Waals surface area contributed by atoms with Crippen molar-refractivity contribution in [2.75, 3.05) is 5.32 Å². The molecule has 0 spiro atoms. The lowest BCUT2D eigenvalue weighted by atomic mass is 9.77. The number of benzene rings is 3. The van der Waals surface area contributed by atoms with Crippen molar-refractivity contribution < 1.29 is 9.32 Å². The Balaban J connectivity index is 1.33. The number of nitrogens with one attached hydrogen (secondary N) is 1. The van der Waals surface area contributed by atoms with E-state index in [9.17, 15) is 4.79 Å². The summed E-state index contributed by atoms with van der Waals surface area (Å²) in [5, 5.41) is 6.40. The Morgan fingerprint density at radius 2 is 1.37 bits per heavy atom. The molecule has 0 aliphatic heterocycles. The van der Waals surface area contributed by atoms with Crippen LogP contribution >= 0.6 is 0 Å². The van der Waals surface area contributed by atoms with Crippen molar-refractivity contribution in [1.29, 1.82) is 0 Å². The molecule has 1 amide bonds. The second kappa shape index (κ2) is 10.1. The highest BCUT2D eigenvalue weighted by atomic mass is 16.5. The number of anilines is 1. The van der Waals surface area contributed by atoms with E-state index in [1.807, 2.05) is 47.3 Å². The van der Waals surface area contributed by atoms with Crippen molar-refractivity contribution in [2.24, 2.45) is 0 Å². The number of carbonyl (C=O) groups is 1. The number of hydrogen-bond donors (Lipinski definition) is 1. The van der Waals surface area contributed by atoms with Crippen LogP contribution in [0.5, 0.6) is 0 Å². The summed E-state index contributed by atoms with van der Waals surface area (Å²) in [6, 6.07) is 36.8. The third-order valence-electron chi connectivity index (χ3n) is 7.20. The van der Waals surface area contributed by atoms with E-state index >= 15 is 0 Å². The number of carbonyl (C=O) groups excluding carboxylic acids is 1. The first kappa shape index (κ1) is 24.3. The van der Waals surface area contributed by atoms with Crippen LogP contribution in [0, 0.1) is 0 Å². The first-order valence-electron chi connectivity index (χ1n) is 13.1. The quantitative estimate of drug-likeness (QED) is 0.242. The highest BCUT2D eigenvalue weighted by molar-refractivity contribution is 6.02. The molecule has 0 aliphatic carbocycles. The Hall–Kier alpha value is -5.76. The number of aromatic nitrogens is 5. The van der Waals surface area contributed by atoms with E-state index in [0.717, 1.165) is 27.9 Å². The monoisotopic (exact) mass is 536 g/mol. The van der Waals surface area contributed by atoms with Gasteiger partial charge < -0.3 is 18.8 Å². The van der Waals surface area contributed by atoms with E-state index in [1.54, 1.807) is 12.3 Å². The molecule has 0 unspecified atom stereocenters. The Labute approximate surface area is 235 Å². The Bertz CT molecular complexity index is 1830. The van der Waals surface area contributed by atoms with Gasteiger partial charge in [0.1, 0.15) is 23.1 Å². The van der Waals surface area contributed by atoms with Crippen LogP contribution in [-0.4, -0.2) is 30.0 Å². The highest BCUT2D eigenvalue weighted by Gasteiger charge is 2.38. The molecule has 0 atom stereocenters. The topological polar surface area (TPSA) is 90.2 Å². The normalized spacial score (nSPS) is 11.5. The fourth-order valence-electron chi connectivity index (χ4n) is 5.35. The van der Waals surface area contributed by atoms with Gasteiger partial charge in [0, 0.05) is 30.2 Å². The van der Waals surface area contributed by atoms with E-state index in [0.29, 0.717) is 11.5 Å². The molecule has 0 saturated heterocycles. The average molecular weight is 537 g/mol. The second-order valence-electron chi connectivity index (χ2n) is 9.62. The molecule has 4 aromatic heterocycles. The average Bonchev–Trinajstić information content (AvgIpc) is 3.81. The lowest BCUT2D eigenvalue weighted by Gasteiger charge is -2.37. The molecule has 7 aromatic rings. The minimum absolute atomic E-state index is 0.270. The van der Waals surface area contributed by atoms with E-state index < -0.39 is 5.54 Å². The van der Waals surface area contributed by atoms with Gasteiger partial charge in [-0.25, -0.2) is 9.97 Å². The van der Waals surface area contributed by atoms with Gasteiger partial charge in [0.2, 0.25) is 0 Å². The van der Waals surface area contributed by atoms with Gasteiger partial charge in [0.05, 0.1) is 12.0 Å². The highest BCUT2D eigenvalue weighted by Crippen LogP contribution is 2.41. The Morgan fingerprint density at radius 1 is 0.732 bits per heavy atom. The summed E-state index contributed by atoms with van der Waals surface area (Å²) in [7, 11) is 0. The molecule has 0 saturated carbocycles. The fraction of sp³-hybridized carbons (Fsp3) is 0.0303. The zero-order valence-corrected chi connectivity index (χ0v) is 21.8. The van der Waals surface area contributed by atoms with Crippen LogP contribution in [0.2, 0.25) is 0 Å². The molecule has 0 aliphatic rings. The number of amides is 1. The molecule has 0 fully saturated rings. The van der Waals surface area contributed by atoms with Crippen molar-refractivity contribution in [1.82, 2.24) is 24.1 Å². The number of fused-ring (bicyclic) bond motifs is 1. The van der Waals surface area contributed by atoms with Crippen LogP contribution in [0.3, 0.4) is 0 Å². The number of pyridine rings is 1. The zero-order chi connectivity index (χ0) is 27.6. The van der Waals surface area contributed by atoms with Crippen molar-refractivity contribution in [3.05, 3.63) is 163 Å². The molecule has 7 rings (SSSR count). The van der Waals surface area contributed by atoms with Crippen molar-refractivity contribution >= 4 is 17.4 Å². The Kier molecular flexibility index (Phi) is 5.98. The fourth-order valence-corrected chi connectivity index (χ4v) is 5.35. The summed E-state index contributed by atoms with van der Waals surface area (Å²) in [6.07, 6.45) is 8.97.